The van der Waals surface area contributed by atoms with Crippen molar-refractivity contribution in [3.8, 4) is 5.75 Å². The number of aliphatic hydroxyl groups excluding tert-OH is 2. The van der Waals surface area contributed by atoms with Gasteiger partial charge in [-0.3, -0.25) is 19.2 Å². The number of aliphatic hydroxyl groups is 2. The summed E-state index contributed by atoms with van der Waals surface area (Å²) in [5.41, 5.74) is 12.5. The molecule has 12 heteroatoms. The quantitative estimate of drug-likeness (QED) is 0.247. The number of likely N-dealkylation sites (tertiary alicyclic amines) is 2. The normalized spacial score (nSPS) is 23.9. The lowest BCUT2D eigenvalue weighted by Gasteiger charge is -2.41. The van der Waals surface area contributed by atoms with Crippen LogP contribution in [0.5, 0.6) is 5.75 Å². The van der Waals surface area contributed by atoms with Crippen molar-refractivity contribution in [3.63, 3.8) is 0 Å². The van der Waals surface area contributed by atoms with Crippen LogP contribution in [-0.4, -0.2) is 99.7 Å². The second-order valence-corrected chi connectivity index (χ2v) is 11.1. The molecule has 40 heavy (non-hydrogen) atoms. The van der Waals surface area contributed by atoms with E-state index in [4.69, 9.17) is 16.2 Å². The maximum atomic E-state index is 14.1. The van der Waals surface area contributed by atoms with Crippen LogP contribution in [0.1, 0.15) is 56.2 Å². The van der Waals surface area contributed by atoms with Crippen LogP contribution >= 0.6 is 0 Å². The summed E-state index contributed by atoms with van der Waals surface area (Å²) in [6.07, 6.45) is -0.429. The highest BCUT2D eigenvalue weighted by Crippen LogP contribution is 2.37. The van der Waals surface area contributed by atoms with Gasteiger partial charge >= 0.3 is 0 Å². The van der Waals surface area contributed by atoms with Gasteiger partial charge in [0.2, 0.25) is 23.6 Å². The largest absolute Gasteiger partial charge is 0.496 e. The SMILES string of the molecule is COc1c(C)cc(C[C@@]2(C(=O)N[C@H](C(N)=O)[C@@H](C)O)CCCN2C(=O)[C@@H]2CCCN2C(=O)[C@@H](N)[C@@H](C)O)cc1C. The van der Waals surface area contributed by atoms with Crippen LogP contribution in [0.15, 0.2) is 12.1 Å². The summed E-state index contributed by atoms with van der Waals surface area (Å²) in [6, 6.07) is 0.428. The Morgan fingerprint density at radius 1 is 1.10 bits per heavy atom. The Hall–Kier alpha value is -3.22. The molecule has 0 spiro atoms. The molecule has 0 radical (unpaired) electrons. The Kier molecular flexibility index (Phi) is 9.81. The lowest BCUT2D eigenvalue weighted by atomic mass is 9.85. The number of hydrogen-bond donors (Lipinski definition) is 5. The van der Waals surface area contributed by atoms with E-state index in [9.17, 15) is 29.4 Å². The second kappa shape index (κ2) is 12.5. The van der Waals surface area contributed by atoms with Gasteiger partial charge in [0, 0.05) is 19.5 Å². The summed E-state index contributed by atoms with van der Waals surface area (Å²) in [5, 5.41) is 22.6. The third kappa shape index (κ3) is 6.08. The number of nitrogens with zero attached hydrogens (tertiary/aromatic N) is 2. The lowest BCUT2D eigenvalue weighted by molar-refractivity contribution is -0.152. The van der Waals surface area contributed by atoms with Crippen molar-refractivity contribution >= 4 is 23.6 Å². The van der Waals surface area contributed by atoms with E-state index in [-0.39, 0.29) is 13.0 Å². The molecule has 4 amide bonds. The van der Waals surface area contributed by atoms with Crippen molar-refractivity contribution in [1.29, 1.82) is 0 Å². The summed E-state index contributed by atoms with van der Waals surface area (Å²) in [4.78, 5) is 56.2. The fourth-order valence-corrected chi connectivity index (χ4v) is 6.07. The minimum absolute atomic E-state index is 0.134. The molecule has 0 saturated carbocycles. The zero-order valence-electron chi connectivity index (χ0n) is 24.0. The highest BCUT2D eigenvalue weighted by molar-refractivity contribution is 5.98. The number of hydrogen-bond acceptors (Lipinski definition) is 8. The van der Waals surface area contributed by atoms with E-state index in [1.165, 1.54) is 23.6 Å². The van der Waals surface area contributed by atoms with Gasteiger partial charge in [0.1, 0.15) is 29.4 Å². The van der Waals surface area contributed by atoms with Crippen molar-refractivity contribution in [2.45, 2.75) is 95.7 Å². The van der Waals surface area contributed by atoms with Crippen LogP contribution in [0.3, 0.4) is 0 Å². The molecule has 2 heterocycles. The molecule has 6 atom stereocenters. The first-order chi connectivity index (χ1) is 18.7. The Morgan fingerprint density at radius 3 is 2.25 bits per heavy atom. The molecular weight excluding hydrogens is 518 g/mol. The van der Waals surface area contributed by atoms with Gasteiger partial charge in [-0.25, -0.2) is 0 Å². The van der Waals surface area contributed by atoms with Crippen LogP contribution in [0.25, 0.3) is 0 Å². The number of nitrogens with one attached hydrogen (secondary N) is 1. The standard InChI is InChI=1S/C28H43N5O7/c1-15-12-19(13-16(2)23(15)40-5)14-28(27(39)31-22(18(4)35)24(30)36)9-7-11-33(28)25(37)20-8-6-10-32(20)26(38)21(29)17(3)34/h12-13,17-18,20-22,34-35H,6-11,14,29H2,1-5H3,(H2,30,36)(H,31,39)/t17-,18-,20+,21+,22+,28-/m1/s1. The monoisotopic (exact) mass is 561 g/mol. The summed E-state index contributed by atoms with van der Waals surface area (Å²) < 4.78 is 5.49. The molecular formula is C28H43N5O7. The first-order valence-electron chi connectivity index (χ1n) is 13.7. The van der Waals surface area contributed by atoms with E-state index in [0.717, 1.165) is 22.4 Å². The molecule has 7 N–H and O–H groups in total. The van der Waals surface area contributed by atoms with Crippen LogP contribution in [0, 0.1) is 13.8 Å². The highest BCUT2D eigenvalue weighted by Gasteiger charge is 2.53. The fourth-order valence-electron chi connectivity index (χ4n) is 6.07. The maximum absolute atomic E-state index is 14.1. The van der Waals surface area contributed by atoms with Crippen LogP contribution in [0.4, 0.5) is 0 Å². The number of amides is 4. The number of carbonyl (C=O) groups excluding carboxylic acids is 4. The number of carbonyl (C=O) groups is 4. The number of rotatable bonds is 10. The molecule has 2 aliphatic heterocycles. The second-order valence-electron chi connectivity index (χ2n) is 11.1. The van der Waals surface area contributed by atoms with Gasteiger partial charge in [0.15, 0.2) is 0 Å². The summed E-state index contributed by atoms with van der Waals surface area (Å²) in [5.74, 6) is -1.70. The van der Waals surface area contributed by atoms with E-state index < -0.39 is 59.5 Å². The molecule has 0 aromatic heterocycles. The molecule has 3 rings (SSSR count). The van der Waals surface area contributed by atoms with Gasteiger partial charge in [0.05, 0.1) is 19.3 Å². The lowest BCUT2D eigenvalue weighted by Crippen LogP contribution is -2.65. The highest BCUT2D eigenvalue weighted by atomic mass is 16.5. The Bertz CT molecular complexity index is 1120. The molecule has 1 aromatic carbocycles. The van der Waals surface area contributed by atoms with E-state index >= 15 is 0 Å². The van der Waals surface area contributed by atoms with Gasteiger partial charge in [-0.1, -0.05) is 12.1 Å². The van der Waals surface area contributed by atoms with Crippen molar-refractivity contribution in [1.82, 2.24) is 15.1 Å². The number of nitrogens with two attached hydrogens (primary N) is 2. The molecule has 1 aromatic rings. The third-order valence-electron chi connectivity index (χ3n) is 8.10. The number of aryl methyl sites for hydroxylation is 2. The van der Waals surface area contributed by atoms with E-state index in [1.807, 2.05) is 26.0 Å². The molecule has 222 valence electrons. The van der Waals surface area contributed by atoms with Gasteiger partial charge in [-0.2, -0.15) is 0 Å². The zero-order valence-corrected chi connectivity index (χ0v) is 24.0. The molecule has 0 bridgehead atoms. The summed E-state index contributed by atoms with van der Waals surface area (Å²) >= 11 is 0. The molecule has 2 aliphatic rings. The average Bonchev–Trinajstić information content (AvgIpc) is 3.53. The number of benzene rings is 1. The molecule has 0 aliphatic carbocycles. The van der Waals surface area contributed by atoms with E-state index in [2.05, 4.69) is 5.32 Å². The van der Waals surface area contributed by atoms with Crippen LogP contribution in [-0.2, 0) is 25.6 Å². The first kappa shape index (κ1) is 31.3. The molecule has 12 nitrogen and oxygen atoms in total. The summed E-state index contributed by atoms with van der Waals surface area (Å²) in [6.45, 7) is 7.13. The van der Waals surface area contributed by atoms with Crippen molar-refractivity contribution in [2.75, 3.05) is 20.2 Å². The van der Waals surface area contributed by atoms with Crippen molar-refractivity contribution < 1.29 is 34.1 Å². The smallest absolute Gasteiger partial charge is 0.247 e. The Labute approximate surface area is 235 Å². The predicted octanol–water partition coefficient (Wildman–Crippen LogP) is -0.734. The maximum Gasteiger partial charge on any atom is 0.247 e. The number of methoxy groups -OCH3 is 1. The third-order valence-corrected chi connectivity index (χ3v) is 8.10. The fraction of sp³-hybridized carbons (Fsp3) is 0.643. The van der Waals surface area contributed by atoms with Crippen LogP contribution in [0.2, 0.25) is 0 Å². The van der Waals surface area contributed by atoms with Crippen molar-refractivity contribution in [3.05, 3.63) is 28.8 Å². The summed E-state index contributed by atoms with van der Waals surface area (Å²) in [7, 11) is 1.58. The van der Waals surface area contributed by atoms with Crippen LogP contribution < -0.4 is 21.5 Å². The van der Waals surface area contributed by atoms with Gasteiger partial charge < -0.3 is 41.5 Å². The van der Waals surface area contributed by atoms with E-state index in [1.54, 1.807) is 7.11 Å². The molecule has 0 unspecified atom stereocenters. The van der Waals surface area contributed by atoms with E-state index in [0.29, 0.717) is 32.2 Å². The van der Waals surface area contributed by atoms with Gasteiger partial charge in [-0.15, -0.1) is 0 Å². The molecule has 2 saturated heterocycles. The Balaban J connectivity index is 2.04. The first-order valence-corrected chi connectivity index (χ1v) is 13.7. The van der Waals surface area contributed by atoms with Gasteiger partial charge in [0.25, 0.3) is 0 Å². The molecule has 2 fully saturated rings. The minimum atomic E-state index is -1.41. The zero-order chi connectivity index (χ0) is 29.9. The number of ether oxygens (including phenoxy) is 1. The van der Waals surface area contributed by atoms with Gasteiger partial charge in [-0.05, 0) is 70.1 Å². The van der Waals surface area contributed by atoms with Crippen molar-refractivity contribution in [2.24, 2.45) is 11.5 Å². The minimum Gasteiger partial charge on any atom is -0.496 e. The Morgan fingerprint density at radius 2 is 1.73 bits per heavy atom. The number of primary amides is 1. The topological polar surface area (TPSA) is 189 Å². The predicted molar refractivity (Wildman–Crippen MR) is 147 cm³/mol. The average molecular weight is 562 g/mol.